The van der Waals surface area contributed by atoms with E-state index in [9.17, 15) is 4.79 Å². The molecule has 0 aromatic carbocycles. The van der Waals surface area contributed by atoms with Crippen LogP contribution in [-0.2, 0) is 4.79 Å². The quantitative estimate of drug-likeness (QED) is 0.555. The third kappa shape index (κ3) is 5.26. The minimum absolute atomic E-state index is 0.0103. The maximum absolute atomic E-state index is 12.0. The highest BCUT2D eigenvalue weighted by molar-refractivity contribution is 7.99. The first-order chi connectivity index (χ1) is 11.0. The summed E-state index contributed by atoms with van der Waals surface area (Å²) in [7, 11) is 0. The van der Waals surface area contributed by atoms with Gasteiger partial charge >= 0.3 is 0 Å². The number of hydrogen-bond acceptors (Lipinski definition) is 4. The maximum atomic E-state index is 12.0. The van der Waals surface area contributed by atoms with Crippen molar-refractivity contribution in [3.05, 3.63) is 22.3 Å². The van der Waals surface area contributed by atoms with E-state index in [0.29, 0.717) is 20.8 Å². The van der Waals surface area contributed by atoms with E-state index in [1.54, 1.807) is 16.7 Å². The minimum atomic E-state index is -0.0103. The summed E-state index contributed by atoms with van der Waals surface area (Å²) >= 11 is 13.4. The Morgan fingerprint density at radius 1 is 1.39 bits per heavy atom. The molecule has 2 aromatic rings. The second kappa shape index (κ2) is 8.76. The van der Waals surface area contributed by atoms with E-state index in [1.165, 1.54) is 24.6 Å². The van der Waals surface area contributed by atoms with E-state index in [0.717, 1.165) is 12.8 Å². The molecule has 1 N–H and O–H groups in total. The predicted octanol–water partition coefficient (Wildman–Crippen LogP) is 4.21. The number of rotatable bonds is 8. The average Bonchev–Trinajstić information content (AvgIpc) is 2.88. The molecule has 0 spiro atoms. The third-order valence-corrected chi connectivity index (χ3v) is 4.80. The van der Waals surface area contributed by atoms with E-state index >= 15 is 0 Å². The number of nitrogens with zero attached hydrogens (tertiary/aromatic N) is 3. The molecule has 0 aliphatic carbocycles. The minimum Gasteiger partial charge on any atom is -0.353 e. The summed E-state index contributed by atoms with van der Waals surface area (Å²) in [6.07, 6.45) is 6.21. The Morgan fingerprint density at radius 2 is 2.17 bits per heavy atom. The fourth-order valence-electron chi connectivity index (χ4n) is 2.22. The highest BCUT2D eigenvalue weighted by atomic mass is 35.5. The van der Waals surface area contributed by atoms with Crippen molar-refractivity contribution in [2.45, 2.75) is 50.7 Å². The second-order valence-electron chi connectivity index (χ2n) is 5.44. The summed E-state index contributed by atoms with van der Waals surface area (Å²) in [5.41, 5.74) is 0.534. The van der Waals surface area contributed by atoms with Gasteiger partial charge in [0.15, 0.2) is 10.8 Å². The van der Waals surface area contributed by atoms with Crippen LogP contribution in [0.15, 0.2) is 17.4 Å². The summed E-state index contributed by atoms with van der Waals surface area (Å²) in [4.78, 5) is 12.0. The van der Waals surface area contributed by atoms with Gasteiger partial charge in [-0.3, -0.25) is 9.20 Å². The SMILES string of the molecule is CCCCC[C@H](C)NC(=O)CSc1nnc2c(Cl)cc(Cl)cn12. The molecule has 2 aromatic heterocycles. The van der Waals surface area contributed by atoms with Gasteiger partial charge in [0.1, 0.15) is 0 Å². The summed E-state index contributed by atoms with van der Waals surface area (Å²) in [5, 5.41) is 12.6. The molecule has 126 valence electrons. The van der Waals surface area contributed by atoms with Crippen LogP contribution in [0.2, 0.25) is 10.0 Å². The summed E-state index contributed by atoms with van der Waals surface area (Å²) in [6, 6.07) is 1.81. The fourth-order valence-corrected chi connectivity index (χ4v) is 3.45. The van der Waals surface area contributed by atoms with E-state index < -0.39 is 0 Å². The normalized spacial score (nSPS) is 12.5. The van der Waals surface area contributed by atoms with Crippen LogP contribution in [0.3, 0.4) is 0 Å². The van der Waals surface area contributed by atoms with Crippen molar-refractivity contribution in [2.75, 3.05) is 5.75 Å². The van der Waals surface area contributed by atoms with Crippen molar-refractivity contribution >= 4 is 46.5 Å². The van der Waals surface area contributed by atoms with Crippen LogP contribution in [0, 0.1) is 0 Å². The van der Waals surface area contributed by atoms with Gasteiger partial charge in [-0.15, -0.1) is 10.2 Å². The molecule has 1 amide bonds. The number of hydrogen-bond donors (Lipinski definition) is 1. The van der Waals surface area contributed by atoms with Crippen molar-refractivity contribution in [3.63, 3.8) is 0 Å². The lowest BCUT2D eigenvalue weighted by Crippen LogP contribution is -2.33. The molecule has 0 saturated heterocycles. The van der Waals surface area contributed by atoms with E-state index in [-0.39, 0.29) is 17.7 Å². The van der Waals surface area contributed by atoms with Crippen LogP contribution in [0.1, 0.15) is 39.5 Å². The monoisotopic (exact) mass is 374 g/mol. The highest BCUT2D eigenvalue weighted by Gasteiger charge is 2.13. The van der Waals surface area contributed by atoms with Gasteiger partial charge in [-0.2, -0.15) is 0 Å². The number of aromatic nitrogens is 3. The Bertz CT molecular complexity index is 677. The Morgan fingerprint density at radius 3 is 2.91 bits per heavy atom. The number of thioether (sulfide) groups is 1. The molecule has 0 bridgehead atoms. The Balaban J connectivity index is 1.89. The summed E-state index contributed by atoms with van der Waals surface area (Å²) in [6.45, 7) is 4.20. The molecule has 0 unspecified atom stereocenters. The highest BCUT2D eigenvalue weighted by Crippen LogP contribution is 2.25. The van der Waals surface area contributed by atoms with E-state index in [4.69, 9.17) is 23.2 Å². The van der Waals surface area contributed by atoms with Gasteiger partial charge in [-0.25, -0.2) is 0 Å². The molecule has 2 rings (SSSR count). The second-order valence-corrected chi connectivity index (χ2v) is 7.22. The number of amides is 1. The van der Waals surface area contributed by atoms with Crippen molar-refractivity contribution in [1.29, 1.82) is 0 Å². The van der Waals surface area contributed by atoms with E-state index in [2.05, 4.69) is 22.4 Å². The number of carbonyl (C=O) groups excluding carboxylic acids is 1. The van der Waals surface area contributed by atoms with Crippen molar-refractivity contribution < 1.29 is 4.79 Å². The molecule has 1 atom stereocenters. The van der Waals surface area contributed by atoms with Gasteiger partial charge < -0.3 is 5.32 Å². The van der Waals surface area contributed by atoms with Crippen LogP contribution in [-0.4, -0.2) is 32.3 Å². The number of halogens is 2. The standard InChI is InChI=1S/C15H20Cl2N4OS/c1-3-4-5-6-10(2)18-13(22)9-23-15-20-19-14-12(17)7-11(16)8-21(14)15/h7-8,10H,3-6,9H2,1-2H3,(H,18,22)/t10-/m0/s1. The number of unbranched alkanes of at least 4 members (excludes halogenated alkanes) is 2. The molecule has 0 aliphatic rings. The summed E-state index contributed by atoms with van der Waals surface area (Å²) in [5.74, 6) is 0.270. The van der Waals surface area contributed by atoms with Crippen LogP contribution in [0.25, 0.3) is 5.65 Å². The first-order valence-electron chi connectivity index (χ1n) is 7.63. The van der Waals surface area contributed by atoms with Gasteiger partial charge in [0, 0.05) is 12.2 Å². The van der Waals surface area contributed by atoms with E-state index in [1.807, 2.05) is 6.92 Å². The number of pyridine rings is 1. The Kier molecular flexibility index (Phi) is 6.99. The average molecular weight is 375 g/mol. The lowest BCUT2D eigenvalue weighted by atomic mass is 10.1. The van der Waals surface area contributed by atoms with Gasteiger partial charge in [-0.1, -0.05) is 61.1 Å². The Hall–Kier alpha value is -0.980. The molecule has 0 saturated carbocycles. The molecule has 0 fully saturated rings. The fraction of sp³-hybridized carbons (Fsp3) is 0.533. The topological polar surface area (TPSA) is 59.3 Å². The number of carbonyl (C=O) groups is 1. The zero-order valence-corrected chi connectivity index (χ0v) is 15.5. The molecular formula is C15H20Cl2N4OS. The largest absolute Gasteiger partial charge is 0.353 e. The number of nitrogens with one attached hydrogen (secondary N) is 1. The van der Waals surface area contributed by atoms with Crippen molar-refractivity contribution in [2.24, 2.45) is 0 Å². The first kappa shape index (κ1) is 18.4. The first-order valence-corrected chi connectivity index (χ1v) is 9.37. The zero-order valence-electron chi connectivity index (χ0n) is 13.2. The van der Waals surface area contributed by atoms with Crippen molar-refractivity contribution in [3.8, 4) is 0 Å². The predicted molar refractivity (Wildman–Crippen MR) is 95.5 cm³/mol. The molecule has 2 heterocycles. The number of fused-ring (bicyclic) bond motifs is 1. The van der Waals surface area contributed by atoms with Gasteiger partial charge in [0.2, 0.25) is 5.91 Å². The van der Waals surface area contributed by atoms with Gasteiger partial charge in [-0.05, 0) is 19.4 Å². The molecule has 5 nitrogen and oxygen atoms in total. The van der Waals surface area contributed by atoms with Crippen LogP contribution in [0.4, 0.5) is 0 Å². The Labute approximate surface area is 150 Å². The van der Waals surface area contributed by atoms with Crippen LogP contribution < -0.4 is 5.32 Å². The van der Waals surface area contributed by atoms with Crippen LogP contribution in [0.5, 0.6) is 0 Å². The molecular weight excluding hydrogens is 355 g/mol. The molecule has 8 heteroatoms. The lowest BCUT2D eigenvalue weighted by Gasteiger charge is -2.13. The zero-order chi connectivity index (χ0) is 16.8. The third-order valence-electron chi connectivity index (χ3n) is 3.38. The molecule has 0 radical (unpaired) electrons. The smallest absolute Gasteiger partial charge is 0.230 e. The molecule has 23 heavy (non-hydrogen) atoms. The van der Waals surface area contributed by atoms with Gasteiger partial charge in [0.25, 0.3) is 0 Å². The summed E-state index contributed by atoms with van der Waals surface area (Å²) < 4.78 is 1.70. The maximum Gasteiger partial charge on any atom is 0.230 e. The van der Waals surface area contributed by atoms with Crippen molar-refractivity contribution in [1.82, 2.24) is 19.9 Å². The van der Waals surface area contributed by atoms with Crippen LogP contribution >= 0.6 is 35.0 Å². The lowest BCUT2D eigenvalue weighted by molar-refractivity contribution is -0.119. The molecule has 0 aliphatic heterocycles. The van der Waals surface area contributed by atoms with Gasteiger partial charge in [0.05, 0.1) is 15.8 Å².